The highest BCUT2D eigenvalue weighted by atomic mass is 19.4. The summed E-state index contributed by atoms with van der Waals surface area (Å²) in [6, 6.07) is 8.05. The fourth-order valence-electron chi connectivity index (χ4n) is 1.51. The van der Waals surface area contributed by atoms with Crippen LogP contribution in [0, 0.1) is 10.1 Å². The van der Waals surface area contributed by atoms with E-state index in [1.807, 2.05) is 0 Å². The van der Waals surface area contributed by atoms with Crippen molar-refractivity contribution in [2.75, 3.05) is 13.1 Å². The Morgan fingerprint density at radius 3 is 2.37 bits per heavy atom. The summed E-state index contributed by atoms with van der Waals surface area (Å²) in [6.45, 7) is -0.995. The predicted octanol–water partition coefficient (Wildman–Crippen LogP) is 1.73. The van der Waals surface area contributed by atoms with Gasteiger partial charge >= 0.3 is 12.1 Å². The van der Waals surface area contributed by atoms with Crippen LogP contribution in [0.4, 0.5) is 13.2 Å². The van der Waals surface area contributed by atoms with E-state index in [1.165, 1.54) is 0 Å². The standard InChI is InChI=1S/C11H11F3N2O3/c12-11(13,14)10(17)15-6-9(7-16(18)19)8-4-2-1-3-5-8/h1-5,9H,6-7H2,(H,15,17). The van der Waals surface area contributed by atoms with Gasteiger partial charge in [-0.3, -0.25) is 14.9 Å². The molecular weight excluding hydrogens is 265 g/mol. The van der Waals surface area contributed by atoms with Crippen molar-refractivity contribution in [3.05, 3.63) is 46.0 Å². The Labute approximate surface area is 106 Å². The number of amides is 1. The molecule has 5 nitrogen and oxygen atoms in total. The van der Waals surface area contributed by atoms with E-state index in [4.69, 9.17) is 0 Å². The molecule has 1 atom stereocenters. The van der Waals surface area contributed by atoms with Crippen LogP contribution in [0.5, 0.6) is 0 Å². The van der Waals surface area contributed by atoms with Gasteiger partial charge in [0.25, 0.3) is 0 Å². The van der Waals surface area contributed by atoms with Gasteiger partial charge in [0.2, 0.25) is 6.54 Å². The number of carbonyl (C=O) groups excluding carboxylic acids is 1. The van der Waals surface area contributed by atoms with Crippen LogP contribution in [-0.4, -0.2) is 30.1 Å². The summed E-state index contributed by atoms with van der Waals surface area (Å²) >= 11 is 0. The normalized spacial score (nSPS) is 12.8. The second kappa shape index (κ2) is 6.17. The fraction of sp³-hybridized carbons (Fsp3) is 0.364. The molecule has 0 saturated heterocycles. The van der Waals surface area contributed by atoms with Crippen molar-refractivity contribution in [3.8, 4) is 0 Å². The van der Waals surface area contributed by atoms with Crippen LogP contribution in [0.2, 0.25) is 0 Å². The minimum Gasteiger partial charge on any atom is -0.347 e. The first-order chi connectivity index (χ1) is 8.80. The number of nitrogens with one attached hydrogen (secondary N) is 1. The van der Waals surface area contributed by atoms with Gasteiger partial charge in [-0.2, -0.15) is 13.2 Å². The zero-order valence-corrected chi connectivity index (χ0v) is 9.68. The van der Waals surface area contributed by atoms with Gasteiger partial charge in [0.15, 0.2) is 0 Å². The number of hydrogen-bond donors (Lipinski definition) is 1. The minimum atomic E-state index is -4.99. The van der Waals surface area contributed by atoms with E-state index in [2.05, 4.69) is 0 Å². The van der Waals surface area contributed by atoms with Gasteiger partial charge in [-0.15, -0.1) is 0 Å². The van der Waals surface area contributed by atoms with Gasteiger partial charge in [0, 0.05) is 11.5 Å². The van der Waals surface area contributed by atoms with Gasteiger partial charge in [0.05, 0.1) is 5.92 Å². The number of hydrogen-bond acceptors (Lipinski definition) is 3. The first-order valence-corrected chi connectivity index (χ1v) is 5.32. The van der Waals surface area contributed by atoms with Crippen molar-refractivity contribution in [2.45, 2.75) is 12.1 Å². The van der Waals surface area contributed by atoms with Gasteiger partial charge in [-0.05, 0) is 5.56 Å². The number of alkyl halides is 3. The first-order valence-electron chi connectivity index (χ1n) is 5.32. The number of carbonyl (C=O) groups is 1. The molecule has 1 aromatic carbocycles. The smallest absolute Gasteiger partial charge is 0.347 e. The maximum absolute atomic E-state index is 12.0. The number of benzene rings is 1. The maximum Gasteiger partial charge on any atom is 0.471 e. The lowest BCUT2D eigenvalue weighted by Crippen LogP contribution is -2.40. The maximum atomic E-state index is 12.0. The second-order valence-corrected chi connectivity index (χ2v) is 3.83. The number of nitro groups is 1. The van der Waals surface area contributed by atoms with E-state index in [1.54, 1.807) is 35.6 Å². The Bertz CT molecular complexity index is 448. The molecule has 0 radical (unpaired) electrons. The molecule has 0 aliphatic carbocycles. The van der Waals surface area contributed by atoms with Crippen LogP contribution in [0.15, 0.2) is 30.3 Å². The third-order valence-electron chi connectivity index (χ3n) is 2.41. The lowest BCUT2D eigenvalue weighted by Gasteiger charge is -2.15. The molecule has 0 aromatic heterocycles. The van der Waals surface area contributed by atoms with Crippen molar-refractivity contribution in [1.29, 1.82) is 0 Å². The molecule has 19 heavy (non-hydrogen) atoms. The summed E-state index contributed by atoms with van der Waals surface area (Å²) in [5.74, 6) is -2.90. The Kier molecular flexibility index (Phi) is 4.85. The molecule has 0 aliphatic heterocycles. The van der Waals surface area contributed by atoms with Gasteiger partial charge in [-0.25, -0.2) is 0 Å². The van der Waals surface area contributed by atoms with Crippen molar-refractivity contribution >= 4 is 5.91 Å². The highest BCUT2D eigenvalue weighted by molar-refractivity contribution is 5.81. The van der Waals surface area contributed by atoms with Crippen molar-refractivity contribution in [1.82, 2.24) is 5.32 Å². The molecule has 104 valence electrons. The highest BCUT2D eigenvalue weighted by Crippen LogP contribution is 2.17. The van der Waals surface area contributed by atoms with Crippen LogP contribution in [0.25, 0.3) is 0 Å². The number of halogens is 3. The highest BCUT2D eigenvalue weighted by Gasteiger charge is 2.38. The summed E-state index contributed by atoms with van der Waals surface area (Å²) in [5.41, 5.74) is 0.502. The summed E-state index contributed by atoms with van der Waals surface area (Å²) in [6.07, 6.45) is -4.99. The van der Waals surface area contributed by atoms with E-state index in [0.717, 1.165) is 0 Å². The summed E-state index contributed by atoms with van der Waals surface area (Å²) in [5, 5.41) is 12.2. The molecule has 0 fully saturated rings. The molecule has 0 aliphatic rings. The Morgan fingerprint density at radius 2 is 1.89 bits per heavy atom. The first kappa shape index (κ1) is 14.9. The van der Waals surface area contributed by atoms with Crippen molar-refractivity contribution in [3.63, 3.8) is 0 Å². The topological polar surface area (TPSA) is 72.2 Å². The largest absolute Gasteiger partial charge is 0.471 e. The van der Waals surface area contributed by atoms with Crippen LogP contribution in [-0.2, 0) is 4.79 Å². The Morgan fingerprint density at radius 1 is 1.32 bits per heavy atom. The lowest BCUT2D eigenvalue weighted by molar-refractivity contribution is -0.483. The monoisotopic (exact) mass is 276 g/mol. The van der Waals surface area contributed by atoms with Gasteiger partial charge < -0.3 is 5.32 Å². The van der Waals surface area contributed by atoms with E-state index >= 15 is 0 Å². The number of rotatable bonds is 5. The van der Waals surface area contributed by atoms with Crippen LogP contribution < -0.4 is 5.32 Å². The molecule has 1 rings (SSSR count). The zero-order chi connectivity index (χ0) is 14.5. The average Bonchev–Trinajstić information content (AvgIpc) is 2.33. The Hall–Kier alpha value is -2.12. The average molecular weight is 276 g/mol. The zero-order valence-electron chi connectivity index (χ0n) is 9.68. The van der Waals surface area contributed by atoms with Crippen molar-refractivity contribution in [2.24, 2.45) is 0 Å². The van der Waals surface area contributed by atoms with Gasteiger partial charge in [0.1, 0.15) is 0 Å². The molecule has 0 spiro atoms. The molecule has 1 amide bonds. The fourth-order valence-corrected chi connectivity index (χ4v) is 1.51. The summed E-state index contributed by atoms with van der Waals surface area (Å²) in [7, 11) is 0. The second-order valence-electron chi connectivity index (χ2n) is 3.83. The molecular formula is C11H11F3N2O3. The quantitative estimate of drug-likeness (QED) is 0.657. The molecule has 1 aromatic rings. The SMILES string of the molecule is O=C(NCC(C[N+](=O)[O-])c1ccccc1)C(F)(F)F. The lowest BCUT2D eigenvalue weighted by atomic mass is 9.99. The van der Waals surface area contributed by atoms with E-state index < -0.39 is 36.0 Å². The minimum absolute atomic E-state index is 0.441. The van der Waals surface area contributed by atoms with Crippen LogP contribution >= 0.6 is 0 Å². The molecule has 0 bridgehead atoms. The van der Waals surface area contributed by atoms with E-state index in [0.29, 0.717) is 5.56 Å². The molecule has 1 unspecified atom stereocenters. The number of nitrogens with zero attached hydrogens (tertiary/aromatic N) is 1. The van der Waals surface area contributed by atoms with Crippen LogP contribution in [0.3, 0.4) is 0 Å². The molecule has 0 heterocycles. The third-order valence-corrected chi connectivity index (χ3v) is 2.41. The molecule has 1 N–H and O–H groups in total. The van der Waals surface area contributed by atoms with Crippen molar-refractivity contribution < 1.29 is 22.9 Å². The Balaban J connectivity index is 2.72. The predicted molar refractivity (Wildman–Crippen MR) is 60.1 cm³/mol. The van der Waals surface area contributed by atoms with E-state index in [9.17, 15) is 28.1 Å². The van der Waals surface area contributed by atoms with Gasteiger partial charge in [-0.1, -0.05) is 30.3 Å². The van der Waals surface area contributed by atoms with E-state index in [-0.39, 0.29) is 0 Å². The molecule has 0 saturated carbocycles. The molecule has 8 heteroatoms. The summed E-state index contributed by atoms with van der Waals surface area (Å²) in [4.78, 5) is 20.5. The third kappa shape index (κ3) is 4.94. The van der Waals surface area contributed by atoms with Crippen LogP contribution in [0.1, 0.15) is 11.5 Å². The summed E-state index contributed by atoms with van der Waals surface area (Å²) < 4.78 is 36.1.